The summed E-state index contributed by atoms with van der Waals surface area (Å²) in [5.41, 5.74) is 0. The van der Waals surface area contributed by atoms with Crippen molar-refractivity contribution in [1.29, 1.82) is 0 Å². The molecule has 3 nitrogen and oxygen atoms in total. The molecule has 1 heterocycles. The first kappa shape index (κ1) is 15.5. The van der Waals surface area contributed by atoms with Gasteiger partial charge < -0.3 is 10.1 Å². The summed E-state index contributed by atoms with van der Waals surface area (Å²) in [6, 6.07) is 0.522. The van der Waals surface area contributed by atoms with Crippen LogP contribution >= 0.6 is 0 Å². The number of hydrogen-bond acceptors (Lipinski definition) is 3. The second-order valence-corrected chi connectivity index (χ2v) is 3.75. The minimum Gasteiger partial charge on any atom is -0.475 e. The molecular weight excluding hydrogens is 271 g/mol. The molecule has 8 heteroatoms. The molecule has 0 unspecified atom stereocenters. The zero-order valence-electron chi connectivity index (χ0n) is 10.2. The predicted molar refractivity (Wildman–Crippen MR) is 59.1 cm³/mol. The van der Waals surface area contributed by atoms with Gasteiger partial charge in [-0.3, -0.25) is 0 Å². The Morgan fingerprint density at radius 3 is 2.53 bits per heavy atom. The van der Waals surface area contributed by atoms with E-state index in [-0.39, 0.29) is 5.82 Å². The van der Waals surface area contributed by atoms with Crippen molar-refractivity contribution < 1.29 is 26.7 Å². The molecule has 0 spiro atoms. The van der Waals surface area contributed by atoms with Gasteiger partial charge in [-0.1, -0.05) is 6.92 Å². The number of nitrogens with one attached hydrogen (secondary N) is 1. The number of alkyl halides is 3. The predicted octanol–water partition coefficient (Wildman–Crippen LogP) is 3.51. The maximum Gasteiger partial charge on any atom is 0.392 e. The Hall–Kier alpha value is -1.60. The number of ether oxygens (including phenoxy) is 1. The van der Waals surface area contributed by atoms with Crippen LogP contribution in [0.5, 0.6) is 5.88 Å². The van der Waals surface area contributed by atoms with Gasteiger partial charge in [0.15, 0.2) is 17.5 Å². The first-order valence-electron chi connectivity index (χ1n) is 5.63. The van der Waals surface area contributed by atoms with Crippen molar-refractivity contribution in [2.75, 3.05) is 18.5 Å². The molecule has 1 N–H and O–H groups in total. The van der Waals surface area contributed by atoms with Gasteiger partial charge in [-0.05, 0) is 6.42 Å². The maximum atomic E-state index is 13.3. The molecule has 0 atom stereocenters. The highest BCUT2D eigenvalue weighted by Gasteiger charge is 2.27. The number of pyridine rings is 1. The summed E-state index contributed by atoms with van der Waals surface area (Å²) in [6.45, 7) is 1.46. The molecule has 0 aliphatic heterocycles. The molecule has 0 aromatic carbocycles. The highest BCUT2D eigenvalue weighted by molar-refractivity contribution is 5.39. The monoisotopic (exact) mass is 284 g/mol. The Labute approximate surface area is 106 Å². The van der Waals surface area contributed by atoms with E-state index in [2.05, 4.69) is 15.0 Å². The smallest absolute Gasteiger partial charge is 0.392 e. The van der Waals surface area contributed by atoms with Crippen molar-refractivity contribution in [2.45, 2.75) is 25.9 Å². The van der Waals surface area contributed by atoms with E-state index in [1.54, 1.807) is 0 Å². The average molecular weight is 284 g/mol. The summed E-state index contributed by atoms with van der Waals surface area (Å²) < 4.78 is 66.8. The fourth-order valence-electron chi connectivity index (χ4n) is 1.18. The second-order valence-electron chi connectivity index (χ2n) is 3.75. The quantitative estimate of drug-likeness (QED) is 0.812. The molecule has 0 radical (unpaired) electrons. The van der Waals surface area contributed by atoms with E-state index in [1.807, 2.05) is 6.92 Å². The summed E-state index contributed by atoms with van der Waals surface area (Å²) >= 11 is 0. The molecule has 0 bridgehead atoms. The third-order valence-corrected chi connectivity index (χ3v) is 2.06. The Morgan fingerprint density at radius 2 is 1.95 bits per heavy atom. The minimum absolute atomic E-state index is 0.245. The normalized spacial score (nSPS) is 11.5. The Kier molecular flexibility index (Phi) is 5.31. The topological polar surface area (TPSA) is 34.2 Å². The third kappa shape index (κ3) is 5.27. The van der Waals surface area contributed by atoms with Crippen LogP contribution in [0.15, 0.2) is 6.07 Å². The van der Waals surface area contributed by atoms with Crippen LogP contribution in [0.2, 0.25) is 0 Å². The molecule has 1 aromatic rings. The minimum atomic E-state index is -4.40. The zero-order chi connectivity index (χ0) is 14.5. The van der Waals surface area contributed by atoms with Gasteiger partial charge in [0.25, 0.3) is 5.88 Å². The van der Waals surface area contributed by atoms with Crippen LogP contribution in [0.1, 0.15) is 19.8 Å². The third-order valence-electron chi connectivity index (χ3n) is 2.06. The number of aromatic nitrogens is 1. The molecule has 1 aromatic heterocycles. The average Bonchev–Trinajstić information content (AvgIpc) is 2.29. The second kappa shape index (κ2) is 6.53. The van der Waals surface area contributed by atoms with Crippen LogP contribution in [0.3, 0.4) is 0 Å². The molecule has 0 aliphatic rings. The van der Waals surface area contributed by atoms with Gasteiger partial charge in [0.05, 0.1) is 13.0 Å². The highest BCUT2D eigenvalue weighted by atomic mass is 19.4. The van der Waals surface area contributed by atoms with E-state index in [9.17, 15) is 22.0 Å². The summed E-state index contributed by atoms with van der Waals surface area (Å²) in [5.74, 6) is -2.95. The van der Waals surface area contributed by atoms with Crippen molar-refractivity contribution in [1.82, 2.24) is 4.98 Å². The Balaban J connectivity index is 2.71. The van der Waals surface area contributed by atoms with Crippen molar-refractivity contribution >= 4 is 5.82 Å². The van der Waals surface area contributed by atoms with Gasteiger partial charge in [-0.25, -0.2) is 8.78 Å². The number of halogens is 5. The van der Waals surface area contributed by atoms with E-state index in [4.69, 9.17) is 0 Å². The maximum absolute atomic E-state index is 13.3. The molecular formula is C11H13F5N2O. The molecule has 0 aliphatic carbocycles. The molecule has 108 valence electrons. The Morgan fingerprint density at radius 1 is 1.26 bits per heavy atom. The summed E-state index contributed by atoms with van der Waals surface area (Å²) in [7, 11) is 0. The van der Waals surface area contributed by atoms with Crippen LogP contribution in [0.4, 0.5) is 27.8 Å². The van der Waals surface area contributed by atoms with Gasteiger partial charge in [-0.2, -0.15) is 18.2 Å². The zero-order valence-corrected chi connectivity index (χ0v) is 10.2. The SMILES string of the molecule is CCCNc1nc(OCCC(F)(F)F)c(F)cc1F. The van der Waals surface area contributed by atoms with Crippen LogP contribution < -0.4 is 10.1 Å². The standard InChI is InChI=1S/C11H13F5N2O/c1-2-4-17-9-7(12)6-8(13)10(18-9)19-5-3-11(14,15)16/h6H,2-5H2,1H3,(H,17,18). The van der Waals surface area contributed by atoms with E-state index in [0.29, 0.717) is 19.0 Å². The van der Waals surface area contributed by atoms with Crippen LogP contribution in [-0.4, -0.2) is 24.3 Å². The number of anilines is 1. The molecule has 0 saturated carbocycles. The van der Waals surface area contributed by atoms with E-state index in [0.717, 1.165) is 0 Å². The van der Waals surface area contributed by atoms with Crippen LogP contribution in [0.25, 0.3) is 0 Å². The summed E-state index contributed by atoms with van der Waals surface area (Å²) in [6.07, 6.45) is -4.95. The molecule has 19 heavy (non-hydrogen) atoms. The van der Waals surface area contributed by atoms with Crippen molar-refractivity contribution in [3.05, 3.63) is 17.7 Å². The number of nitrogens with zero attached hydrogens (tertiary/aromatic N) is 1. The molecule has 0 amide bonds. The summed E-state index contributed by atoms with van der Waals surface area (Å²) in [5, 5.41) is 2.58. The van der Waals surface area contributed by atoms with E-state index in [1.165, 1.54) is 0 Å². The van der Waals surface area contributed by atoms with Crippen molar-refractivity contribution in [3.63, 3.8) is 0 Å². The Bertz CT molecular complexity index is 422. The lowest BCUT2D eigenvalue weighted by atomic mass is 10.4. The van der Waals surface area contributed by atoms with E-state index >= 15 is 0 Å². The van der Waals surface area contributed by atoms with Gasteiger partial charge in [0.2, 0.25) is 0 Å². The van der Waals surface area contributed by atoms with Gasteiger partial charge in [-0.15, -0.1) is 0 Å². The number of hydrogen-bond donors (Lipinski definition) is 1. The fourth-order valence-corrected chi connectivity index (χ4v) is 1.18. The van der Waals surface area contributed by atoms with Crippen LogP contribution in [-0.2, 0) is 0 Å². The van der Waals surface area contributed by atoms with Gasteiger partial charge in [0, 0.05) is 12.6 Å². The number of rotatable bonds is 6. The first-order valence-corrected chi connectivity index (χ1v) is 5.63. The lowest BCUT2D eigenvalue weighted by Gasteiger charge is -2.11. The van der Waals surface area contributed by atoms with Crippen LogP contribution in [0, 0.1) is 11.6 Å². The molecule has 0 saturated heterocycles. The largest absolute Gasteiger partial charge is 0.475 e. The highest BCUT2D eigenvalue weighted by Crippen LogP contribution is 2.23. The first-order chi connectivity index (χ1) is 8.83. The molecule has 0 fully saturated rings. The fraction of sp³-hybridized carbons (Fsp3) is 0.545. The lowest BCUT2D eigenvalue weighted by Crippen LogP contribution is -2.14. The summed E-state index contributed by atoms with van der Waals surface area (Å²) in [4.78, 5) is 3.48. The van der Waals surface area contributed by atoms with Crippen molar-refractivity contribution in [2.24, 2.45) is 0 Å². The van der Waals surface area contributed by atoms with E-state index < -0.39 is 36.7 Å². The van der Waals surface area contributed by atoms with Crippen molar-refractivity contribution in [3.8, 4) is 5.88 Å². The van der Waals surface area contributed by atoms with Gasteiger partial charge in [0.1, 0.15) is 0 Å². The molecule has 1 rings (SSSR count). The van der Waals surface area contributed by atoms with Gasteiger partial charge >= 0.3 is 6.18 Å². The lowest BCUT2D eigenvalue weighted by molar-refractivity contribution is -0.139.